The lowest BCUT2D eigenvalue weighted by molar-refractivity contribution is 0.585. The Morgan fingerprint density at radius 1 is 1.06 bits per heavy atom. The molecule has 1 aromatic carbocycles. The van der Waals surface area contributed by atoms with Crippen LogP contribution in [0.4, 0.5) is 8.78 Å². The minimum absolute atomic E-state index is 0.229. The maximum absolute atomic E-state index is 13.6. The summed E-state index contributed by atoms with van der Waals surface area (Å²) in [5, 5.41) is 0. The van der Waals surface area contributed by atoms with E-state index in [-0.39, 0.29) is 5.56 Å². The molecule has 18 heavy (non-hydrogen) atoms. The van der Waals surface area contributed by atoms with Gasteiger partial charge in [-0.3, -0.25) is 0 Å². The smallest absolute Gasteiger partial charge is 0.178 e. The van der Waals surface area contributed by atoms with Crippen LogP contribution in [0.25, 0.3) is 22.6 Å². The van der Waals surface area contributed by atoms with Crippen LogP contribution in [0.1, 0.15) is 5.69 Å². The van der Waals surface area contributed by atoms with Gasteiger partial charge >= 0.3 is 0 Å². The standard InChI is InChI=1S/C13H9F2N3/c1-7-2-5-11-13(16-7)18-12(17-11)9-4-3-8(14)6-10(9)15/h2-6H,1H3,(H,16,17,18). The first-order valence-corrected chi connectivity index (χ1v) is 5.42. The number of nitrogens with one attached hydrogen (secondary N) is 1. The van der Waals surface area contributed by atoms with Crippen LogP contribution >= 0.6 is 0 Å². The fraction of sp³-hybridized carbons (Fsp3) is 0.0769. The van der Waals surface area contributed by atoms with Gasteiger partial charge in [-0.25, -0.2) is 18.7 Å². The zero-order valence-corrected chi connectivity index (χ0v) is 9.54. The summed E-state index contributed by atoms with van der Waals surface area (Å²) in [5.74, 6) is -0.910. The number of rotatable bonds is 1. The second-order valence-electron chi connectivity index (χ2n) is 4.03. The summed E-state index contributed by atoms with van der Waals surface area (Å²) in [6, 6.07) is 7.06. The molecule has 3 rings (SSSR count). The summed E-state index contributed by atoms with van der Waals surface area (Å²) in [4.78, 5) is 11.4. The zero-order valence-electron chi connectivity index (χ0n) is 9.54. The molecule has 0 bridgehead atoms. The van der Waals surface area contributed by atoms with E-state index in [1.54, 1.807) is 0 Å². The van der Waals surface area contributed by atoms with Gasteiger partial charge in [0.25, 0.3) is 0 Å². The van der Waals surface area contributed by atoms with E-state index in [0.717, 1.165) is 17.3 Å². The first-order chi connectivity index (χ1) is 8.63. The maximum atomic E-state index is 13.6. The largest absolute Gasteiger partial charge is 0.336 e. The van der Waals surface area contributed by atoms with Crippen LogP contribution in [-0.4, -0.2) is 15.0 Å². The van der Waals surface area contributed by atoms with E-state index >= 15 is 0 Å². The summed E-state index contributed by atoms with van der Waals surface area (Å²) < 4.78 is 26.5. The van der Waals surface area contributed by atoms with Crippen molar-refractivity contribution in [3.63, 3.8) is 0 Å². The van der Waals surface area contributed by atoms with Crippen molar-refractivity contribution in [3.8, 4) is 11.4 Å². The molecule has 0 saturated heterocycles. The van der Waals surface area contributed by atoms with Crippen LogP contribution in [0.3, 0.4) is 0 Å². The Morgan fingerprint density at radius 2 is 1.89 bits per heavy atom. The molecule has 0 atom stereocenters. The molecule has 0 radical (unpaired) electrons. The number of aryl methyl sites for hydroxylation is 1. The highest BCUT2D eigenvalue weighted by molar-refractivity contribution is 5.76. The molecule has 0 spiro atoms. The maximum Gasteiger partial charge on any atom is 0.178 e. The number of pyridine rings is 1. The van der Waals surface area contributed by atoms with Crippen molar-refractivity contribution in [2.24, 2.45) is 0 Å². The summed E-state index contributed by atoms with van der Waals surface area (Å²) >= 11 is 0. The number of aromatic nitrogens is 3. The van der Waals surface area contributed by atoms with Gasteiger partial charge in [0.2, 0.25) is 0 Å². The van der Waals surface area contributed by atoms with Crippen molar-refractivity contribution in [1.29, 1.82) is 0 Å². The van der Waals surface area contributed by atoms with E-state index < -0.39 is 11.6 Å². The van der Waals surface area contributed by atoms with Crippen molar-refractivity contribution in [1.82, 2.24) is 15.0 Å². The minimum Gasteiger partial charge on any atom is -0.336 e. The Morgan fingerprint density at radius 3 is 2.67 bits per heavy atom. The molecule has 90 valence electrons. The lowest BCUT2D eigenvalue weighted by Crippen LogP contribution is -1.87. The fourth-order valence-electron chi connectivity index (χ4n) is 1.80. The number of nitrogens with zero attached hydrogens (tertiary/aromatic N) is 2. The first kappa shape index (κ1) is 10.8. The van der Waals surface area contributed by atoms with E-state index in [4.69, 9.17) is 0 Å². The molecule has 5 heteroatoms. The molecular formula is C13H9F2N3. The highest BCUT2D eigenvalue weighted by Crippen LogP contribution is 2.23. The molecule has 2 aromatic heterocycles. The topological polar surface area (TPSA) is 41.6 Å². The van der Waals surface area contributed by atoms with Crippen molar-refractivity contribution in [2.75, 3.05) is 0 Å². The lowest BCUT2D eigenvalue weighted by atomic mass is 10.2. The molecule has 0 aliphatic heterocycles. The number of hydrogen-bond donors (Lipinski definition) is 1. The third-order valence-corrected chi connectivity index (χ3v) is 2.67. The molecule has 0 aliphatic carbocycles. The molecule has 0 aliphatic rings. The number of benzene rings is 1. The zero-order chi connectivity index (χ0) is 12.7. The molecule has 0 unspecified atom stereocenters. The van der Waals surface area contributed by atoms with Gasteiger partial charge in [-0.15, -0.1) is 0 Å². The summed E-state index contributed by atoms with van der Waals surface area (Å²) in [6.45, 7) is 1.85. The molecule has 1 N–H and O–H groups in total. The normalized spacial score (nSPS) is 11.1. The van der Waals surface area contributed by atoms with Gasteiger partial charge in [-0.05, 0) is 31.2 Å². The number of imidazole rings is 1. The van der Waals surface area contributed by atoms with Crippen LogP contribution in [0.5, 0.6) is 0 Å². The van der Waals surface area contributed by atoms with Crippen molar-refractivity contribution in [2.45, 2.75) is 6.92 Å². The van der Waals surface area contributed by atoms with E-state index in [0.29, 0.717) is 11.5 Å². The van der Waals surface area contributed by atoms with Gasteiger partial charge in [-0.2, -0.15) is 0 Å². The number of fused-ring (bicyclic) bond motifs is 1. The monoisotopic (exact) mass is 245 g/mol. The Labute approximate surface area is 102 Å². The second kappa shape index (κ2) is 3.87. The highest BCUT2D eigenvalue weighted by atomic mass is 19.1. The molecule has 0 saturated carbocycles. The van der Waals surface area contributed by atoms with Gasteiger partial charge in [0.15, 0.2) is 5.65 Å². The van der Waals surface area contributed by atoms with Gasteiger partial charge in [0.1, 0.15) is 17.5 Å². The summed E-state index contributed by atoms with van der Waals surface area (Å²) in [5.41, 5.74) is 2.31. The Balaban J connectivity index is 2.19. The lowest BCUT2D eigenvalue weighted by Gasteiger charge is -1.98. The Kier molecular flexibility index (Phi) is 2.33. The van der Waals surface area contributed by atoms with Gasteiger partial charge < -0.3 is 4.98 Å². The molecule has 0 amide bonds. The molecule has 3 nitrogen and oxygen atoms in total. The average molecular weight is 245 g/mol. The highest BCUT2D eigenvalue weighted by Gasteiger charge is 2.11. The first-order valence-electron chi connectivity index (χ1n) is 5.42. The summed E-state index contributed by atoms with van der Waals surface area (Å²) in [6.07, 6.45) is 0. The van der Waals surface area contributed by atoms with Crippen LogP contribution in [0.15, 0.2) is 30.3 Å². The Bertz CT molecular complexity index is 734. The van der Waals surface area contributed by atoms with E-state index in [1.807, 2.05) is 19.1 Å². The number of hydrogen-bond acceptors (Lipinski definition) is 2. The van der Waals surface area contributed by atoms with Crippen LogP contribution in [0, 0.1) is 18.6 Å². The average Bonchev–Trinajstić information content (AvgIpc) is 2.71. The van der Waals surface area contributed by atoms with E-state index in [1.165, 1.54) is 12.1 Å². The molecule has 3 aromatic rings. The predicted octanol–water partition coefficient (Wildman–Crippen LogP) is 3.21. The van der Waals surface area contributed by atoms with Crippen LogP contribution in [0.2, 0.25) is 0 Å². The van der Waals surface area contributed by atoms with Gasteiger partial charge in [-0.1, -0.05) is 0 Å². The summed E-state index contributed by atoms with van der Waals surface area (Å²) in [7, 11) is 0. The van der Waals surface area contributed by atoms with Crippen molar-refractivity contribution in [3.05, 3.63) is 47.7 Å². The molecule has 0 fully saturated rings. The quantitative estimate of drug-likeness (QED) is 0.715. The molecular weight excluding hydrogens is 236 g/mol. The van der Waals surface area contributed by atoms with E-state index in [2.05, 4.69) is 15.0 Å². The van der Waals surface area contributed by atoms with Crippen LogP contribution < -0.4 is 0 Å². The SMILES string of the molecule is Cc1ccc2[nH]c(-c3ccc(F)cc3F)nc2n1. The fourth-order valence-corrected chi connectivity index (χ4v) is 1.80. The number of halogens is 2. The number of H-pyrrole nitrogens is 1. The van der Waals surface area contributed by atoms with Gasteiger partial charge in [0, 0.05) is 11.8 Å². The third kappa shape index (κ3) is 1.73. The second-order valence-corrected chi connectivity index (χ2v) is 4.03. The van der Waals surface area contributed by atoms with Gasteiger partial charge in [0.05, 0.1) is 11.1 Å². The minimum atomic E-state index is -0.647. The van der Waals surface area contributed by atoms with E-state index in [9.17, 15) is 8.78 Å². The molecule has 2 heterocycles. The van der Waals surface area contributed by atoms with Crippen molar-refractivity contribution < 1.29 is 8.78 Å². The predicted molar refractivity (Wildman–Crippen MR) is 64.0 cm³/mol. The van der Waals surface area contributed by atoms with Crippen LogP contribution in [-0.2, 0) is 0 Å². The number of aromatic amines is 1. The Hall–Kier alpha value is -2.30. The third-order valence-electron chi connectivity index (χ3n) is 2.67. The van der Waals surface area contributed by atoms with Crippen molar-refractivity contribution >= 4 is 11.2 Å².